The van der Waals surface area contributed by atoms with Gasteiger partial charge >= 0.3 is 43.6 Å². The molecule has 5 aromatic rings. The molecule has 19 heteroatoms. The third-order valence-corrected chi connectivity index (χ3v) is 9.74. The van der Waals surface area contributed by atoms with Gasteiger partial charge in [-0.25, -0.2) is 24.6 Å². The van der Waals surface area contributed by atoms with E-state index in [1.807, 2.05) is 6.07 Å². The molecule has 0 saturated carbocycles. The van der Waals surface area contributed by atoms with Crippen LogP contribution in [-0.2, 0) is 38.5 Å². The van der Waals surface area contributed by atoms with E-state index in [0.29, 0.717) is 0 Å². The van der Waals surface area contributed by atoms with Crippen LogP contribution in [0.2, 0.25) is 0 Å². The van der Waals surface area contributed by atoms with Crippen molar-refractivity contribution >= 4 is 53.3 Å². The second-order valence-electron chi connectivity index (χ2n) is 13.1. The van der Waals surface area contributed by atoms with Crippen molar-refractivity contribution in [2.75, 3.05) is 0 Å². The average molecular weight is 947 g/mol. The Morgan fingerprint density at radius 2 is 1.35 bits per heavy atom. The number of alkyl halides is 3. The molecule has 0 fully saturated rings. The summed E-state index contributed by atoms with van der Waals surface area (Å²) < 4.78 is 39.1. The quantitative estimate of drug-likeness (QED) is 0.0268. The van der Waals surface area contributed by atoms with Gasteiger partial charge in [0, 0.05) is 45.3 Å². The van der Waals surface area contributed by atoms with Crippen LogP contribution in [-0.4, -0.2) is 65.1 Å². The largest absolute Gasteiger partial charge is 2.00 e. The van der Waals surface area contributed by atoms with E-state index < -0.39 is 35.2 Å². The molecule has 5 heterocycles. The molecule has 0 aliphatic heterocycles. The van der Waals surface area contributed by atoms with Gasteiger partial charge in [0.25, 0.3) is 0 Å². The first-order valence-corrected chi connectivity index (χ1v) is 18.9. The Hall–Kier alpha value is -5.96. The number of thiocyanates is 1. The van der Waals surface area contributed by atoms with Crippen LogP contribution in [0.1, 0.15) is 88.1 Å². The molecule has 0 spiro atoms. The Bertz CT molecular complexity index is 2290. The van der Waals surface area contributed by atoms with Crippen molar-refractivity contribution in [3.05, 3.63) is 118 Å². The third-order valence-electron chi connectivity index (χ3n) is 8.54. The van der Waals surface area contributed by atoms with Crippen LogP contribution in [0.3, 0.4) is 0 Å². The summed E-state index contributed by atoms with van der Waals surface area (Å²) in [5.41, 5.74) is 6.36. The fourth-order valence-electron chi connectivity index (χ4n) is 4.97. The Balaban J connectivity index is 0.000000383. The molecule has 0 aliphatic carbocycles. The van der Waals surface area contributed by atoms with Crippen LogP contribution < -0.4 is 0 Å². The van der Waals surface area contributed by atoms with Crippen molar-refractivity contribution < 1.29 is 62.4 Å². The van der Waals surface area contributed by atoms with Gasteiger partial charge in [0.1, 0.15) is 5.41 Å². The van der Waals surface area contributed by atoms with Crippen LogP contribution >= 0.6 is 11.3 Å². The van der Waals surface area contributed by atoms with Crippen molar-refractivity contribution in [2.24, 2.45) is 5.41 Å². The summed E-state index contributed by atoms with van der Waals surface area (Å²) in [7, 11) is 0. The molecule has 314 valence electrons. The van der Waals surface area contributed by atoms with Gasteiger partial charge in [0.2, 0.25) is 0 Å². The molecule has 0 aliphatic rings. The zero-order valence-electron chi connectivity index (χ0n) is 32.2. The Labute approximate surface area is 366 Å². The standard InChI is InChI=1S/C22H27F3N3S.C18H11N3O6.CHNS.Ru/c1-4-5-6-7-8-16-10-12-19(29-16)15-9-11-18(28-14-15)17(26)13-20(27)21(2,3)22(23,24)25;22-16(23)9-1-3-19-12(5-9)14-7-11(18(26)27)8-15(21-14)13-6-10(17(24)25)2-4-20-13;2-1-3;/h9-14,26-27H,4-8H2,1-3H3;1-8H,(H,22,23)(H,24,25)(H,26,27);3H;/q-1;;;+2/p-1/b17-13-,27-20?;;;. The number of carboxylic acids is 3. The number of halogens is 3. The zero-order valence-corrected chi connectivity index (χ0v) is 35.6. The fraction of sp³-hybridized carbons (Fsp3) is 0.244. The molecule has 0 bridgehead atoms. The number of aryl methyl sites for hydroxylation is 1. The number of carbonyl (C=O) groups is 3. The van der Waals surface area contributed by atoms with Crippen LogP contribution in [0, 0.1) is 21.5 Å². The number of allylic oxidation sites excluding steroid dienone is 1. The molecule has 0 radical (unpaired) electrons. The molecule has 60 heavy (non-hydrogen) atoms. The van der Waals surface area contributed by atoms with Crippen LogP contribution in [0.15, 0.2) is 85.3 Å². The number of carboxylic acid groups (broad SMARTS) is 3. The molecular formula is C41H38F3N7O6RuS2. The van der Waals surface area contributed by atoms with E-state index >= 15 is 0 Å². The van der Waals surface area contributed by atoms with E-state index in [-0.39, 0.29) is 70.3 Å². The number of pyridine rings is 4. The number of nitriles is 1. The molecule has 0 atom stereocenters. The molecule has 0 aromatic carbocycles. The van der Waals surface area contributed by atoms with E-state index in [2.05, 4.69) is 51.6 Å². The molecule has 0 amide bonds. The van der Waals surface area contributed by atoms with Gasteiger partial charge in [-0.3, -0.25) is 15.0 Å². The van der Waals surface area contributed by atoms with Crippen molar-refractivity contribution in [1.82, 2.24) is 19.9 Å². The minimum absolute atomic E-state index is 0. The fourth-order valence-corrected chi connectivity index (χ4v) is 6.01. The van der Waals surface area contributed by atoms with E-state index in [0.717, 1.165) is 36.8 Å². The second-order valence-corrected chi connectivity index (χ2v) is 14.4. The van der Waals surface area contributed by atoms with Gasteiger partial charge in [-0.1, -0.05) is 37.7 Å². The maximum absolute atomic E-state index is 13.0. The number of aromatic nitrogens is 4. The Kier molecular flexibility index (Phi) is 19.2. The molecule has 5 aromatic heterocycles. The van der Waals surface area contributed by atoms with Gasteiger partial charge < -0.3 is 39.1 Å². The van der Waals surface area contributed by atoms with E-state index in [1.165, 1.54) is 84.8 Å². The second kappa shape index (κ2) is 23.0. The maximum atomic E-state index is 13.0. The van der Waals surface area contributed by atoms with Crippen LogP contribution in [0.25, 0.3) is 44.6 Å². The zero-order chi connectivity index (χ0) is 43.9. The van der Waals surface area contributed by atoms with E-state index in [1.54, 1.807) is 23.6 Å². The number of aromatic carboxylic acids is 3. The number of nitrogens with one attached hydrogen (secondary N) is 2. The van der Waals surface area contributed by atoms with E-state index in [9.17, 15) is 32.7 Å². The Morgan fingerprint density at radius 3 is 1.80 bits per heavy atom. The third kappa shape index (κ3) is 14.1. The Morgan fingerprint density at radius 1 is 0.833 bits per heavy atom. The number of thiophene rings is 1. The molecule has 5 N–H and O–H groups in total. The van der Waals surface area contributed by atoms with E-state index in [4.69, 9.17) is 26.6 Å². The van der Waals surface area contributed by atoms with Gasteiger partial charge in [-0.15, -0.1) is 17.0 Å². The smallest absolute Gasteiger partial charge is 0.697 e. The van der Waals surface area contributed by atoms with Crippen molar-refractivity contribution in [3.8, 4) is 38.6 Å². The predicted octanol–water partition coefficient (Wildman–Crippen LogP) is 10.2. The molecule has 5 rings (SSSR count). The van der Waals surface area contributed by atoms with Gasteiger partial charge in [0.15, 0.2) is 0 Å². The molecular weight excluding hydrogens is 909 g/mol. The average Bonchev–Trinajstić information content (AvgIpc) is 3.68. The van der Waals surface area contributed by atoms with Gasteiger partial charge in [-0.2, -0.15) is 13.2 Å². The molecule has 13 nitrogen and oxygen atoms in total. The minimum Gasteiger partial charge on any atom is -0.697 e. The first-order valence-electron chi connectivity index (χ1n) is 17.6. The van der Waals surface area contributed by atoms with Crippen molar-refractivity contribution in [3.63, 3.8) is 0 Å². The maximum Gasteiger partial charge on any atom is 2.00 e. The van der Waals surface area contributed by atoms with Crippen molar-refractivity contribution in [1.29, 1.82) is 10.7 Å². The summed E-state index contributed by atoms with van der Waals surface area (Å²) in [5.74, 6) is -3.56. The summed E-state index contributed by atoms with van der Waals surface area (Å²) >= 11 is 5.41. The van der Waals surface area contributed by atoms with Crippen LogP contribution in [0.5, 0.6) is 0 Å². The van der Waals surface area contributed by atoms with Gasteiger partial charge in [-0.05, 0) is 87.4 Å². The first kappa shape index (κ1) is 50.2. The topological polar surface area (TPSA) is 235 Å². The summed E-state index contributed by atoms with van der Waals surface area (Å²) in [6.07, 6.45) is 6.50. The van der Waals surface area contributed by atoms with Crippen LogP contribution in [0.4, 0.5) is 13.2 Å². The predicted molar refractivity (Wildman–Crippen MR) is 220 cm³/mol. The van der Waals surface area contributed by atoms with Crippen molar-refractivity contribution in [2.45, 2.75) is 59.1 Å². The summed E-state index contributed by atoms with van der Waals surface area (Å²) in [6.45, 7) is 4.07. The van der Waals surface area contributed by atoms with Gasteiger partial charge in [0.05, 0.1) is 39.5 Å². The normalized spacial score (nSPS) is 11.1. The number of hydrogen-bond acceptors (Lipinski definition) is 11. The summed E-state index contributed by atoms with van der Waals surface area (Å²) in [5, 5.41) is 43.8. The monoisotopic (exact) mass is 947 g/mol. The number of hydrogen-bond donors (Lipinski definition) is 4. The first-order chi connectivity index (χ1) is 27.8. The number of nitrogens with zero attached hydrogens (tertiary/aromatic N) is 5. The minimum atomic E-state index is -4.55. The SMILES string of the molecule is CCCCCCc1ccc(-c2ccc(/C([NH-])=C/C(=N)C(C)(C)C(F)(F)F)nc2)s1.N#C[S-].O=C(O)c1ccnc(-c2cc(C(=O)O)cc(-c3cc(C(=O)O)ccn3)n2)c1.[Ru+2]. The summed E-state index contributed by atoms with van der Waals surface area (Å²) in [6, 6.07) is 15.2. The number of rotatable bonds is 14. The summed E-state index contributed by atoms with van der Waals surface area (Å²) in [4.78, 5) is 52.7. The molecule has 0 unspecified atom stereocenters. The molecule has 0 saturated heterocycles. The number of unbranched alkanes of at least 4 members (excludes halogenated alkanes) is 3.